The molecule has 1 amide bonds. The Hall–Kier alpha value is -0.610. The maximum Gasteiger partial charge on any atom is 0.236 e. The average molecular weight is 268 g/mol. The van der Waals surface area contributed by atoms with Crippen LogP contribution in [0.25, 0.3) is 0 Å². The number of ether oxygens (including phenoxy) is 1. The van der Waals surface area contributed by atoms with Crippen LogP contribution in [-0.4, -0.2) is 42.6 Å². The van der Waals surface area contributed by atoms with Crippen molar-refractivity contribution in [3.63, 3.8) is 0 Å². The zero-order chi connectivity index (χ0) is 13.9. The van der Waals surface area contributed by atoms with Crippen molar-refractivity contribution >= 4 is 5.91 Å². The van der Waals surface area contributed by atoms with Crippen molar-refractivity contribution in [1.29, 1.82) is 0 Å². The molecule has 0 saturated heterocycles. The van der Waals surface area contributed by atoms with Gasteiger partial charge >= 0.3 is 0 Å². The summed E-state index contributed by atoms with van der Waals surface area (Å²) in [4.78, 5) is 14.1. The predicted octanol–water partition coefficient (Wildman–Crippen LogP) is 1.92. The van der Waals surface area contributed by atoms with Crippen LogP contribution >= 0.6 is 0 Å². The molecule has 2 N–H and O–H groups in total. The lowest BCUT2D eigenvalue weighted by molar-refractivity contribution is -0.175. The fourth-order valence-electron chi connectivity index (χ4n) is 4.10. The van der Waals surface area contributed by atoms with Crippen molar-refractivity contribution in [2.75, 3.05) is 19.7 Å². The monoisotopic (exact) mass is 268 g/mol. The average Bonchev–Trinajstić information content (AvgIpc) is 2.92. The van der Waals surface area contributed by atoms with E-state index >= 15 is 0 Å². The van der Waals surface area contributed by atoms with Gasteiger partial charge in [0.1, 0.15) is 0 Å². The Kier molecular flexibility index (Phi) is 4.85. The molecule has 4 heteroatoms. The van der Waals surface area contributed by atoms with Gasteiger partial charge in [-0.2, -0.15) is 0 Å². The van der Waals surface area contributed by atoms with Crippen LogP contribution in [0.2, 0.25) is 0 Å². The molecule has 2 saturated carbocycles. The Balaban J connectivity index is 2.12. The minimum Gasteiger partial charge on any atom is -0.378 e. The molecule has 2 fully saturated rings. The van der Waals surface area contributed by atoms with Crippen LogP contribution in [0.3, 0.4) is 0 Å². The van der Waals surface area contributed by atoms with Crippen LogP contribution in [-0.2, 0) is 9.53 Å². The zero-order valence-corrected chi connectivity index (χ0v) is 12.4. The molecule has 2 unspecified atom stereocenters. The van der Waals surface area contributed by atoms with E-state index in [0.717, 1.165) is 26.0 Å². The third-order valence-electron chi connectivity index (χ3n) is 4.98. The highest BCUT2D eigenvalue weighted by Crippen LogP contribution is 2.56. The maximum atomic E-state index is 12.1. The standard InChI is InChI=1S/C15H28N2O2/c1-3-9-17(14(18)11-16)12-10-13(19-4-2)15(12)7-5-6-8-15/h12-13H,3-11,16H2,1-2H3. The van der Waals surface area contributed by atoms with Gasteiger partial charge in [0, 0.05) is 24.6 Å². The van der Waals surface area contributed by atoms with Gasteiger partial charge in [-0.25, -0.2) is 0 Å². The number of hydrogen-bond donors (Lipinski definition) is 1. The Morgan fingerprint density at radius 2 is 2.05 bits per heavy atom. The largest absolute Gasteiger partial charge is 0.378 e. The van der Waals surface area contributed by atoms with Crippen molar-refractivity contribution in [2.24, 2.45) is 11.1 Å². The van der Waals surface area contributed by atoms with Gasteiger partial charge in [0.25, 0.3) is 0 Å². The Bertz CT molecular complexity index is 313. The lowest BCUT2D eigenvalue weighted by Gasteiger charge is -2.57. The SMILES string of the molecule is CCCN(C(=O)CN)C1CC(OCC)C12CCCC2. The van der Waals surface area contributed by atoms with Crippen molar-refractivity contribution < 1.29 is 9.53 Å². The van der Waals surface area contributed by atoms with Crippen molar-refractivity contribution in [3.05, 3.63) is 0 Å². The molecular formula is C15H28N2O2. The van der Waals surface area contributed by atoms with Crippen molar-refractivity contribution in [1.82, 2.24) is 4.90 Å². The van der Waals surface area contributed by atoms with Crippen molar-refractivity contribution in [2.45, 2.75) is 64.5 Å². The van der Waals surface area contributed by atoms with Gasteiger partial charge in [0.15, 0.2) is 0 Å². The van der Waals surface area contributed by atoms with Gasteiger partial charge in [-0.1, -0.05) is 19.8 Å². The molecule has 4 nitrogen and oxygen atoms in total. The molecule has 2 rings (SSSR count). The van der Waals surface area contributed by atoms with E-state index in [0.29, 0.717) is 12.1 Å². The van der Waals surface area contributed by atoms with Crippen LogP contribution in [0.4, 0.5) is 0 Å². The van der Waals surface area contributed by atoms with E-state index in [1.165, 1.54) is 25.7 Å². The first-order chi connectivity index (χ1) is 9.19. The van der Waals surface area contributed by atoms with Gasteiger partial charge in [-0.3, -0.25) is 4.79 Å². The van der Waals surface area contributed by atoms with E-state index in [2.05, 4.69) is 13.8 Å². The minimum absolute atomic E-state index is 0.105. The van der Waals surface area contributed by atoms with E-state index in [1.807, 2.05) is 4.90 Å². The van der Waals surface area contributed by atoms with Crippen molar-refractivity contribution in [3.8, 4) is 0 Å². The lowest BCUT2D eigenvalue weighted by Crippen LogP contribution is -2.65. The fraction of sp³-hybridized carbons (Fsp3) is 0.933. The molecule has 0 radical (unpaired) electrons. The summed E-state index contributed by atoms with van der Waals surface area (Å²) >= 11 is 0. The number of hydrogen-bond acceptors (Lipinski definition) is 3. The molecule has 1 spiro atoms. The first kappa shape index (κ1) is 14.8. The molecule has 0 bridgehead atoms. The summed E-state index contributed by atoms with van der Waals surface area (Å²) in [5, 5.41) is 0. The topological polar surface area (TPSA) is 55.6 Å². The predicted molar refractivity (Wildman–Crippen MR) is 75.8 cm³/mol. The summed E-state index contributed by atoms with van der Waals surface area (Å²) in [5.74, 6) is 0.105. The number of nitrogens with two attached hydrogens (primary N) is 1. The maximum absolute atomic E-state index is 12.1. The third kappa shape index (κ3) is 2.52. The van der Waals surface area contributed by atoms with Crippen LogP contribution < -0.4 is 5.73 Å². The quantitative estimate of drug-likeness (QED) is 0.800. The molecule has 0 aromatic carbocycles. The zero-order valence-electron chi connectivity index (χ0n) is 12.4. The summed E-state index contributed by atoms with van der Waals surface area (Å²) in [6.45, 7) is 5.92. The normalized spacial score (nSPS) is 28.4. The smallest absolute Gasteiger partial charge is 0.236 e. The summed E-state index contributed by atoms with van der Waals surface area (Å²) in [6, 6.07) is 0.363. The summed E-state index contributed by atoms with van der Waals surface area (Å²) in [7, 11) is 0. The summed E-state index contributed by atoms with van der Waals surface area (Å²) in [5.41, 5.74) is 5.81. The van der Waals surface area contributed by atoms with E-state index in [4.69, 9.17) is 10.5 Å². The highest BCUT2D eigenvalue weighted by atomic mass is 16.5. The Labute approximate surface area is 116 Å². The number of carbonyl (C=O) groups excluding carboxylic acids is 1. The van der Waals surface area contributed by atoms with Gasteiger partial charge in [-0.15, -0.1) is 0 Å². The second kappa shape index (κ2) is 6.23. The second-order valence-electron chi connectivity index (χ2n) is 5.93. The molecule has 19 heavy (non-hydrogen) atoms. The molecule has 0 heterocycles. The van der Waals surface area contributed by atoms with Gasteiger partial charge in [0.2, 0.25) is 5.91 Å². The van der Waals surface area contributed by atoms with E-state index < -0.39 is 0 Å². The fourth-order valence-corrected chi connectivity index (χ4v) is 4.10. The number of nitrogens with zero attached hydrogens (tertiary/aromatic N) is 1. The number of amides is 1. The molecule has 2 aliphatic carbocycles. The molecular weight excluding hydrogens is 240 g/mol. The minimum atomic E-state index is 0.105. The Morgan fingerprint density at radius 1 is 1.37 bits per heavy atom. The second-order valence-corrected chi connectivity index (χ2v) is 5.93. The van der Waals surface area contributed by atoms with E-state index in [1.54, 1.807) is 0 Å². The summed E-state index contributed by atoms with van der Waals surface area (Å²) < 4.78 is 5.92. The molecule has 0 aromatic rings. The number of rotatable bonds is 6. The molecule has 2 aliphatic rings. The van der Waals surface area contributed by atoms with Crippen LogP contribution in [0.15, 0.2) is 0 Å². The van der Waals surface area contributed by atoms with Crippen LogP contribution in [0, 0.1) is 5.41 Å². The van der Waals surface area contributed by atoms with Crippen LogP contribution in [0.5, 0.6) is 0 Å². The summed E-state index contributed by atoms with van der Waals surface area (Å²) in [6.07, 6.45) is 7.32. The number of carbonyl (C=O) groups is 1. The molecule has 2 atom stereocenters. The molecule has 0 aromatic heterocycles. The van der Waals surface area contributed by atoms with E-state index in [-0.39, 0.29) is 17.9 Å². The first-order valence-corrected chi connectivity index (χ1v) is 7.80. The highest BCUT2D eigenvalue weighted by molar-refractivity contribution is 5.78. The highest BCUT2D eigenvalue weighted by Gasteiger charge is 2.59. The lowest BCUT2D eigenvalue weighted by atomic mass is 9.60. The van der Waals surface area contributed by atoms with Gasteiger partial charge < -0.3 is 15.4 Å². The Morgan fingerprint density at radius 3 is 2.58 bits per heavy atom. The van der Waals surface area contributed by atoms with E-state index in [9.17, 15) is 4.79 Å². The third-order valence-corrected chi connectivity index (χ3v) is 4.98. The first-order valence-electron chi connectivity index (χ1n) is 7.80. The molecule has 110 valence electrons. The van der Waals surface area contributed by atoms with Gasteiger partial charge in [0.05, 0.1) is 12.6 Å². The van der Waals surface area contributed by atoms with Crippen LogP contribution in [0.1, 0.15) is 52.4 Å². The molecule has 0 aliphatic heterocycles. The van der Waals surface area contributed by atoms with Gasteiger partial charge in [-0.05, 0) is 32.6 Å².